The summed E-state index contributed by atoms with van der Waals surface area (Å²) in [6.07, 6.45) is 3.22. The van der Waals surface area contributed by atoms with Crippen LogP contribution in [-0.4, -0.2) is 30.6 Å². The molecule has 1 aliphatic heterocycles. The highest BCUT2D eigenvalue weighted by molar-refractivity contribution is 5.89. The Balaban J connectivity index is 0.00000180. The topological polar surface area (TPSA) is 58.4 Å². The minimum atomic E-state index is 0. The van der Waals surface area contributed by atoms with Gasteiger partial charge in [0, 0.05) is 18.8 Å². The van der Waals surface area contributed by atoms with E-state index in [1.54, 1.807) is 0 Å². The van der Waals surface area contributed by atoms with Gasteiger partial charge in [0.05, 0.1) is 0 Å². The molecule has 0 aliphatic carbocycles. The van der Waals surface area contributed by atoms with Crippen molar-refractivity contribution >= 4 is 24.1 Å². The summed E-state index contributed by atoms with van der Waals surface area (Å²) in [5.41, 5.74) is 6.42. The smallest absolute Gasteiger partial charge is 0.321 e. The van der Waals surface area contributed by atoms with E-state index in [0.717, 1.165) is 44.6 Å². The van der Waals surface area contributed by atoms with Gasteiger partial charge >= 0.3 is 6.03 Å². The maximum atomic E-state index is 12.0. The average Bonchev–Trinajstić information content (AvgIpc) is 2.41. The first-order valence-corrected chi connectivity index (χ1v) is 6.60. The third kappa shape index (κ3) is 4.73. The minimum Gasteiger partial charge on any atom is -0.330 e. The van der Waals surface area contributed by atoms with Gasteiger partial charge in [-0.25, -0.2) is 4.79 Å². The number of nitrogens with two attached hydrogens (primary N) is 1. The second-order valence-corrected chi connectivity index (χ2v) is 4.80. The molecule has 2 amide bonds. The van der Waals surface area contributed by atoms with Crippen LogP contribution in [0.25, 0.3) is 0 Å². The highest BCUT2D eigenvalue weighted by Crippen LogP contribution is 2.20. The number of amides is 2. The van der Waals surface area contributed by atoms with Crippen molar-refractivity contribution in [2.45, 2.75) is 19.3 Å². The van der Waals surface area contributed by atoms with E-state index in [4.69, 9.17) is 5.73 Å². The SMILES string of the molecule is Cl.NCCC1CCN(C(=O)Nc2ccccc2)CC1. The van der Waals surface area contributed by atoms with Crippen molar-refractivity contribution in [3.63, 3.8) is 0 Å². The normalized spacial score (nSPS) is 15.7. The molecule has 0 atom stereocenters. The standard InChI is InChI=1S/C14H21N3O.ClH/c15-9-6-12-7-10-17(11-8-12)14(18)16-13-4-2-1-3-5-13;/h1-5,12H,6-11,15H2,(H,16,18);1H. The Bertz CT molecular complexity index is 378. The van der Waals surface area contributed by atoms with Crippen molar-refractivity contribution in [2.75, 3.05) is 25.0 Å². The number of para-hydroxylation sites is 1. The number of benzene rings is 1. The number of nitrogens with zero attached hydrogens (tertiary/aromatic N) is 1. The number of hydrogen-bond acceptors (Lipinski definition) is 2. The van der Waals surface area contributed by atoms with Crippen molar-refractivity contribution < 1.29 is 4.79 Å². The number of hydrogen-bond donors (Lipinski definition) is 2. The van der Waals surface area contributed by atoms with Gasteiger partial charge in [0.15, 0.2) is 0 Å². The molecule has 0 saturated carbocycles. The van der Waals surface area contributed by atoms with E-state index < -0.39 is 0 Å². The highest BCUT2D eigenvalue weighted by Gasteiger charge is 2.22. The van der Waals surface area contributed by atoms with E-state index in [1.165, 1.54) is 0 Å². The maximum absolute atomic E-state index is 12.0. The summed E-state index contributed by atoms with van der Waals surface area (Å²) in [5.74, 6) is 0.691. The van der Waals surface area contributed by atoms with E-state index in [2.05, 4.69) is 5.32 Å². The molecule has 19 heavy (non-hydrogen) atoms. The average molecular weight is 284 g/mol. The second kappa shape index (κ2) is 8.02. The van der Waals surface area contributed by atoms with Crippen LogP contribution in [-0.2, 0) is 0 Å². The lowest BCUT2D eigenvalue weighted by molar-refractivity contribution is 0.180. The molecule has 0 spiro atoms. The Morgan fingerprint density at radius 2 is 1.89 bits per heavy atom. The first kappa shape index (κ1) is 15.8. The van der Waals surface area contributed by atoms with Gasteiger partial charge in [0.1, 0.15) is 0 Å². The summed E-state index contributed by atoms with van der Waals surface area (Å²) in [7, 11) is 0. The van der Waals surface area contributed by atoms with Crippen LogP contribution >= 0.6 is 12.4 Å². The van der Waals surface area contributed by atoms with E-state index in [0.29, 0.717) is 5.92 Å². The summed E-state index contributed by atoms with van der Waals surface area (Å²) >= 11 is 0. The molecule has 2 rings (SSSR count). The number of nitrogens with one attached hydrogen (secondary N) is 1. The fourth-order valence-electron chi connectivity index (χ4n) is 2.38. The van der Waals surface area contributed by atoms with Crippen LogP contribution in [0.2, 0.25) is 0 Å². The van der Waals surface area contributed by atoms with Crippen molar-refractivity contribution in [1.82, 2.24) is 4.90 Å². The lowest BCUT2D eigenvalue weighted by Gasteiger charge is -2.31. The van der Waals surface area contributed by atoms with Gasteiger partial charge in [-0.1, -0.05) is 18.2 Å². The van der Waals surface area contributed by atoms with Gasteiger partial charge in [0.2, 0.25) is 0 Å². The van der Waals surface area contributed by atoms with Crippen molar-refractivity contribution in [3.8, 4) is 0 Å². The minimum absolute atomic E-state index is 0. The van der Waals surface area contributed by atoms with Crippen LogP contribution in [0.4, 0.5) is 10.5 Å². The molecule has 0 radical (unpaired) electrons. The monoisotopic (exact) mass is 283 g/mol. The fraction of sp³-hybridized carbons (Fsp3) is 0.500. The lowest BCUT2D eigenvalue weighted by atomic mass is 9.94. The number of carbonyl (C=O) groups is 1. The molecule has 1 fully saturated rings. The Morgan fingerprint density at radius 1 is 1.26 bits per heavy atom. The Hall–Kier alpha value is -1.26. The predicted molar refractivity (Wildman–Crippen MR) is 80.7 cm³/mol. The van der Waals surface area contributed by atoms with E-state index >= 15 is 0 Å². The third-order valence-electron chi connectivity index (χ3n) is 3.50. The predicted octanol–water partition coefficient (Wildman–Crippen LogP) is 2.70. The van der Waals surface area contributed by atoms with Gasteiger partial charge in [-0.3, -0.25) is 0 Å². The zero-order valence-electron chi connectivity index (χ0n) is 11.0. The summed E-state index contributed by atoms with van der Waals surface area (Å²) < 4.78 is 0. The molecule has 1 aromatic carbocycles. The third-order valence-corrected chi connectivity index (χ3v) is 3.50. The number of likely N-dealkylation sites (tertiary alicyclic amines) is 1. The fourth-order valence-corrected chi connectivity index (χ4v) is 2.38. The molecule has 1 aliphatic rings. The molecule has 1 aromatic rings. The Kier molecular flexibility index (Phi) is 6.67. The van der Waals surface area contributed by atoms with Crippen LogP contribution < -0.4 is 11.1 Å². The number of urea groups is 1. The number of anilines is 1. The van der Waals surface area contributed by atoms with Gasteiger partial charge in [-0.05, 0) is 43.9 Å². The largest absolute Gasteiger partial charge is 0.330 e. The number of carbonyl (C=O) groups excluding carboxylic acids is 1. The molecular formula is C14H22ClN3O. The molecule has 4 nitrogen and oxygen atoms in total. The molecule has 106 valence electrons. The summed E-state index contributed by atoms with van der Waals surface area (Å²) in [6, 6.07) is 9.59. The summed E-state index contributed by atoms with van der Waals surface area (Å²) in [5, 5.41) is 2.92. The van der Waals surface area contributed by atoms with Gasteiger partial charge in [-0.15, -0.1) is 12.4 Å². The molecule has 1 heterocycles. The molecule has 1 saturated heterocycles. The zero-order valence-corrected chi connectivity index (χ0v) is 11.9. The van der Waals surface area contributed by atoms with Crippen molar-refractivity contribution in [3.05, 3.63) is 30.3 Å². The van der Waals surface area contributed by atoms with E-state index in [-0.39, 0.29) is 18.4 Å². The summed E-state index contributed by atoms with van der Waals surface area (Å²) in [4.78, 5) is 13.9. The molecule has 0 aromatic heterocycles. The number of halogens is 1. The lowest BCUT2D eigenvalue weighted by Crippen LogP contribution is -2.41. The van der Waals surface area contributed by atoms with Crippen LogP contribution in [0.5, 0.6) is 0 Å². The van der Waals surface area contributed by atoms with Gasteiger partial charge in [0.25, 0.3) is 0 Å². The van der Waals surface area contributed by atoms with Gasteiger partial charge < -0.3 is 16.0 Å². The van der Waals surface area contributed by atoms with Gasteiger partial charge in [-0.2, -0.15) is 0 Å². The molecule has 3 N–H and O–H groups in total. The van der Waals surface area contributed by atoms with Crippen LogP contribution in [0.15, 0.2) is 30.3 Å². The maximum Gasteiger partial charge on any atom is 0.321 e. The van der Waals surface area contributed by atoms with Crippen LogP contribution in [0.3, 0.4) is 0 Å². The number of piperidine rings is 1. The molecule has 5 heteroatoms. The highest BCUT2D eigenvalue weighted by atomic mass is 35.5. The molecule has 0 unspecified atom stereocenters. The Morgan fingerprint density at radius 3 is 2.47 bits per heavy atom. The van der Waals surface area contributed by atoms with Crippen molar-refractivity contribution in [2.24, 2.45) is 11.7 Å². The van der Waals surface area contributed by atoms with Crippen LogP contribution in [0.1, 0.15) is 19.3 Å². The summed E-state index contributed by atoms with van der Waals surface area (Å²) in [6.45, 7) is 2.42. The molecule has 0 bridgehead atoms. The second-order valence-electron chi connectivity index (χ2n) is 4.80. The quantitative estimate of drug-likeness (QED) is 0.896. The molecular weight excluding hydrogens is 262 g/mol. The van der Waals surface area contributed by atoms with Crippen molar-refractivity contribution in [1.29, 1.82) is 0 Å². The zero-order chi connectivity index (χ0) is 12.8. The first-order valence-electron chi connectivity index (χ1n) is 6.60. The van der Waals surface area contributed by atoms with E-state index in [1.807, 2.05) is 35.2 Å². The number of rotatable bonds is 3. The van der Waals surface area contributed by atoms with E-state index in [9.17, 15) is 4.79 Å². The first-order chi connectivity index (χ1) is 8.79. The Labute approximate surface area is 120 Å². The van der Waals surface area contributed by atoms with Crippen LogP contribution in [0, 0.1) is 5.92 Å².